The molecule has 2 rings (SSSR count). The Balaban J connectivity index is 2.58. The second-order valence-corrected chi connectivity index (χ2v) is 6.07. The van der Waals surface area contributed by atoms with Gasteiger partial charge in [-0.15, -0.1) is 0 Å². The van der Waals surface area contributed by atoms with Gasteiger partial charge in [0, 0.05) is 21.1 Å². The highest BCUT2D eigenvalue weighted by molar-refractivity contribution is 9.10. The molecule has 0 aliphatic heterocycles. The lowest BCUT2D eigenvalue weighted by atomic mass is 9.96. The third-order valence-electron chi connectivity index (χ3n) is 3.27. The van der Waals surface area contributed by atoms with E-state index in [9.17, 15) is 8.78 Å². The van der Waals surface area contributed by atoms with Gasteiger partial charge < -0.3 is 5.32 Å². The highest BCUT2D eigenvalue weighted by Gasteiger charge is 2.21. The Morgan fingerprint density at radius 1 is 1.14 bits per heavy atom. The van der Waals surface area contributed by atoms with Gasteiger partial charge in [-0.25, -0.2) is 8.78 Å². The molecule has 2 aromatic carbocycles. The van der Waals surface area contributed by atoms with E-state index in [1.54, 1.807) is 19.1 Å². The molecule has 2 aromatic rings. The van der Waals surface area contributed by atoms with Gasteiger partial charge in [-0.1, -0.05) is 34.5 Å². The first-order valence-corrected chi connectivity index (χ1v) is 7.75. The Hall–Kier alpha value is -0.970. The maximum absolute atomic E-state index is 14.2. The Bertz CT molecular complexity index is 661. The van der Waals surface area contributed by atoms with Crippen molar-refractivity contribution in [1.82, 2.24) is 5.32 Å². The molecule has 1 atom stereocenters. The lowest BCUT2D eigenvalue weighted by Crippen LogP contribution is -2.23. The summed E-state index contributed by atoms with van der Waals surface area (Å²) in [5, 5.41) is 3.78. The van der Waals surface area contributed by atoms with Gasteiger partial charge >= 0.3 is 0 Å². The molecular weight excluding hydrogens is 360 g/mol. The molecule has 1 unspecified atom stereocenters. The van der Waals surface area contributed by atoms with Crippen LogP contribution in [-0.4, -0.2) is 6.54 Å². The lowest BCUT2D eigenvalue weighted by molar-refractivity contribution is 0.537. The van der Waals surface area contributed by atoms with Crippen molar-refractivity contribution >= 4 is 27.5 Å². The van der Waals surface area contributed by atoms with Crippen LogP contribution in [0.5, 0.6) is 0 Å². The number of aryl methyl sites for hydroxylation is 1. The van der Waals surface area contributed by atoms with Crippen molar-refractivity contribution in [2.75, 3.05) is 6.54 Å². The number of benzene rings is 2. The van der Waals surface area contributed by atoms with E-state index >= 15 is 0 Å². The van der Waals surface area contributed by atoms with E-state index in [2.05, 4.69) is 21.2 Å². The number of hydrogen-bond acceptors (Lipinski definition) is 1. The van der Waals surface area contributed by atoms with Crippen LogP contribution in [0.1, 0.15) is 29.7 Å². The number of hydrogen-bond donors (Lipinski definition) is 1. The summed E-state index contributed by atoms with van der Waals surface area (Å²) in [5.74, 6) is -1.12. The largest absolute Gasteiger partial charge is 0.306 e. The molecule has 0 saturated heterocycles. The second-order valence-electron chi connectivity index (χ2n) is 4.78. The summed E-state index contributed by atoms with van der Waals surface area (Å²) in [4.78, 5) is 0. The number of halogens is 4. The Kier molecular flexibility index (Phi) is 5.36. The van der Waals surface area contributed by atoms with Crippen LogP contribution in [0.4, 0.5) is 8.78 Å². The molecule has 0 aliphatic carbocycles. The van der Waals surface area contributed by atoms with Gasteiger partial charge in [-0.2, -0.15) is 0 Å². The molecule has 0 aromatic heterocycles. The molecule has 1 nitrogen and oxygen atoms in total. The van der Waals surface area contributed by atoms with Crippen molar-refractivity contribution in [3.8, 4) is 0 Å². The first kappa shape index (κ1) is 16.4. The summed E-state index contributed by atoms with van der Waals surface area (Å²) in [5.41, 5.74) is 1.63. The maximum Gasteiger partial charge on any atom is 0.131 e. The van der Waals surface area contributed by atoms with Crippen LogP contribution in [-0.2, 0) is 0 Å². The second kappa shape index (κ2) is 6.86. The van der Waals surface area contributed by atoms with Crippen LogP contribution in [0.2, 0.25) is 5.02 Å². The van der Waals surface area contributed by atoms with Crippen LogP contribution >= 0.6 is 27.5 Å². The summed E-state index contributed by atoms with van der Waals surface area (Å²) in [6.45, 7) is 4.19. The minimum absolute atomic E-state index is 0.401. The van der Waals surface area contributed by atoms with Gasteiger partial charge in [-0.05, 0) is 48.9 Å². The van der Waals surface area contributed by atoms with E-state index in [0.29, 0.717) is 22.7 Å². The summed E-state index contributed by atoms with van der Waals surface area (Å²) in [6.07, 6.45) is 0. The predicted molar refractivity (Wildman–Crippen MR) is 85.8 cm³/mol. The van der Waals surface area contributed by atoms with Gasteiger partial charge in [0.2, 0.25) is 0 Å². The third kappa shape index (κ3) is 3.62. The molecule has 0 amide bonds. The summed E-state index contributed by atoms with van der Waals surface area (Å²) < 4.78 is 28.5. The molecule has 0 spiro atoms. The topological polar surface area (TPSA) is 12.0 Å². The minimum Gasteiger partial charge on any atom is -0.306 e. The van der Waals surface area contributed by atoms with E-state index in [1.165, 1.54) is 6.07 Å². The van der Waals surface area contributed by atoms with E-state index in [0.717, 1.165) is 16.1 Å². The van der Waals surface area contributed by atoms with Crippen LogP contribution in [0.15, 0.2) is 34.8 Å². The predicted octanol–water partition coefficient (Wildman–Crippen LogP) is 5.39. The standard InChI is InChI=1S/C16H15BrClF2N/c1-3-21-16(11-7-10(18)4-5-13(11)17)12-6-9(2)14(19)8-15(12)20/h4-8,16,21H,3H2,1-2H3. The summed E-state index contributed by atoms with van der Waals surface area (Å²) in [6, 6.07) is 7.40. The first-order valence-electron chi connectivity index (χ1n) is 6.58. The lowest BCUT2D eigenvalue weighted by Gasteiger charge is -2.22. The van der Waals surface area contributed by atoms with Gasteiger partial charge in [-0.3, -0.25) is 0 Å². The number of nitrogens with one attached hydrogen (secondary N) is 1. The minimum atomic E-state index is -0.573. The van der Waals surface area contributed by atoms with Crippen molar-refractivity contribution in [3.63, 3.8) is 0 Å². The first-order chi connectivity index (χ1) is 9.93. The van der Waals surface area contributed by atoms with Gasteiger partial charge in [0.25, 0.3) is 0 Å². The van der Waals surface area contributed by atoms with Crippen molar-refractivity contribution < 1.29 is 8.78 Å². The maximum atomic E-state index is 14.2. The molecule has 0 aliphatic rings. The molecule has 5 heteroatoms. The molecule has 112 valence electrons. The molecule has 0 fully saturated rings. The zero-order valence-electron chi connectivity index (χ0n) is 11.7. The van der Waals surface area contributed by atoms with Crippen LogP contribution in [0.3, 0.4) is 0 Å². The Morgan fingerprint density at radius 3 is 2.52 bits per heavy atom. The highest BCUT2D eigenvalue weighted by atomic mass is 79.9. The fourth-order valence-electron chi connectivity index (χ4n) is 2.23. The normalized spacial score (nSPS) is 12.5. The zero-order chi connectivity index (χ0) is 15.6. The molecule has 0 bridgehead atoms. The molecule has 0 radical (unpaired) electrons. The summed E-state index contributed by atoms with van der Waals surface area (Å²) >= 11 is 9.50. The quantitative estimate of drug-likeness (QED) is 0.757. The van der Waals surface area contributed by atoms with Crippen molar-refractivity contribution in [1.29, 1.82) is 0 Å². The van der Waals surface area contributed by atoms with Crippen LogP contribution < -0.4 is 5.32 Å². The van der Waals surface area contributed by atoms with E-state index in [-0.39, 0.29) is 0 Å². The average molecular weight is 375 g/mol. The smallest absolute Gasteiger partial charge is 0.131 e. The van der Waals surface area contributed by atoms with E-state index < -0.39 is 17.7 Å². The monoisotopic (exact) mass is 373 g/mol. The molecular formula is C16H15BrClF2N. The highest BCUT2D eigenvalue weighted by Crippen LogP contribution is 2.33. The van der Waals surface area contributed by atoms with Gasteiger partial charge in [0.15, 0.2) is 0 Å². The molecule has 1 N–H and O–H groups in total. The SMILES string of the molecule is CCNC(c1cc(C)c(F)cc1F)c1cc(Cl)ccc1Br. The molecule has 21 heavy (non-hydrogen) atoms. The van der Waals surface area contributed by atoms with Crippen molar-refractivity contribution in [3.05, 3.63) is 68.2 Å². The fourth-order valence-corrected chi connectivity index (χ4v) is 2.88. The average Bonchev–Trinajstić information content (AvgIpc) is 2.43. The fraction of sp³-hybridized carbons (Fsp3) is 0.250. The summed E-state index contributed by atoms with van der Waals surface area (Å²) in [7, 11) is 0. The zero-order valence-corrected chi connectivity index (χ0v) is 14.0. The number of rotatable bonds is 4. The van der Waals surface area contributed by atoms with Crippen LogP contribution in [0.25, 0.3) is 0 Å². The van der Waals surface area contributed by atoms with Crippen molar-refractivity contribution in [2.45, 2.75) is 19.9 Å². The van der Waals surface area contributed by atoms with Gasteiger partial charge in [0.05, 0.1) is 6.04 Å². The third-order valence-corrected chi connectivity index (χ3v) is 4.22. The van der Waals surface area contributed by atoms with E-state index in [4.69, 9.17) is 11.6 Å². The van der Waals surface area contributed by atoms with Crippen LogP contribution in [0, 0.1) is 18.6 Å². The molecule has 0 heterocycles. The van der Waals surface area contributed by atoms with E-state index in [1.807, 2.05) is 13.0 Å². The van der Waals surface area contributed by atoms with Gasteiger partial charge in [0.1, 0.15) is 11.6 Å². The Morgan fingerprint density at radius 2 is 1.86 bits per heavy atom. The van der Waals surface area contributed by atoms with Crippen molar-refractivity contribution in [2.24, 2.45) is 0 Å². The Labute approximate surface area is 136 Å². The molecule has 0 saturated carbocycles.